The van der Waals surface area contributed by atoms with E-state index in [4.69, 9.17) is 18.9 Å². The average molecular weight is 378 g/mol. The smallest absolute Gasteiger partial charge is 0.231 e. The van der Waals surface area contributed by atoms with Gasteiger partial charge in [-0.15, -0.1) is 12.4 Å². The zero-order valence-corrected chi connectivity index (χ0v) is 15.6. The average Bonchev–Trinajstić information content (AvgIpc) is 3.14. The molecule has 1 N–H and O–H groups in total. The molecule has 2 aliphatic rings. The van der Waals surface area contributed by atoms with Gasteiger partial charge in [0.25, 0.3) is 0 Å². The third-order valence-electron chi connectivity index (χ3n) is 4.96. The van der Waals surface area contributed by atoms with Crippen LogP contribution in [-0.4, -0.2) is 33.6 Å². The van der Waals surface area contributed by atoms with Gasteiger partial charge in [0.05, 0.1) is 13.7 Å². The summed E-state index contributed by atoms with van der Waals surface area (Å²) in [7, 11) is 1.70. The van der Waals surface area contributed by atoms with Crippen LogP contribution in [0.5, 0.6) is 23.0 Å². The first kappa shape index (κ1) is 18.7. The van der Waals surface area contributed by atoms with Gasteiger partial charge in [-0.25, -0.2) is 0 Å². The van der Waals surface area contributed by atoms with Crippen LogP contribution in [0.2, 0.25) is 0 Å². The maximum Gasteiger partial charge on any atom is 0.231 e. The van der Waals surface area contributed by atoms with Crippen molar-refractivity contribution in [1.29, 1.82) is 0 Å². The van der Waals surface area contributed by atoms with Gasteiger partial charge in [-0.2, -0.15) is 0 Å². The lowest BCUT2D eigenvalue weighted by Crippen LogP contribution is -2.38. The Morgan fingerprint density at radius 3 is 2.62 bits per heavy atom. The Bertz CT molecular complexity index is 722. The van der Waals surface area contributed by atoms with Crippen LogP contribution in [0.4, 0.5) is 0 Å². The third-order valence-corrected chi connectivity index (χ3v) is 4.96. The summed E-state index contributed by atoms with van der Waals surface area (Å²) in [5.74, 6) is 4.16. The van der Waals surface area contributed by atoms with Gasteiger partial charge in [0, 0.05) is 18.5 Å². The summed E-state index contributed by atoms with van der Waals surface area (Å²) < 4.78 is 22.1. The van der Waals surface area contributed by atoms with Gasteiger partial charge in [0.1, 0.15) is 11.5 Å². The maximum atomic E-state index is 6.07. The Morgan fingerprint density at radius 2 is 1.81 bits per heavy atom. The van der Waals surface area contributed by atoms with Crippen molar-refractivity contribution < 1.29 is 18.9 Å². The molecule has 6 heteroatoms. The van der Waals surface area contributed by atoms with E-state index in [0.29, 0.717) is 18.4 Å². The number of fused-ring (bicyclic) bond motifs is 1. The molecule has 2 heterocycles. The molecule has 2 aromatic carbocycles. The molecule has 0 saturated carbocycles. The normalized spacial score (nSPS) is 21.0. The van der Waals surface area contributed by atoms with Gasteiger partial charge in [0.2, 0.25) is 6.79 Å². The standard InChI is InChI=1S/C20H23NO4.ClH/c1-22-16-4-2-14(3-5-16)18-8-9-21-11-15(18)12-23-17-6-7-19-20(10-17)25-13-24-19;/h2-7,10,15,18,21H,8-9,11-13H2,1H3;1H. The van der Waals surface area contributed by atoms with Crippen LogP contribution in [0.25, 0.3) is 0 Å². The Balaban J connectivity index is 0.00000196. The highest BCUT2D eigenvalue weighted by molar-refractivity contribution is 5.85. The fraction of sp³-hybridized carbons (Fsp3) is 0.400. The van der Waals surface area contributed by atoms with Gasteiger partial charge in [-0.05, 0) is 48.7 Å². The molecule has 0 aromatic heterocycles. The molecule has 0 amide bonds. The van der Waals surface area contributed by atoms with Crippen molar-refractivity contribution in [2.45, 2.75) is 12.3 Å². The predicted octanol–water partition coefficient (Wildman–Crippen LogP) is 3.62. The molecule has 140 valence electrons. The summed E-state index contributed by atoms with van der Waals surface area (Å²) in [4.78, 5) is 0. The molecule has 2 aromatic rings. The van der Waals surface area contributed by atoms with Crippen LogP contribution in [0.1, 0.15) is 17.9 Å². The zero-order chi connectivity index (χ0) is 17.1. The van der Waals surface area contributed by atoms with E-state index in [1.54, 1.807) is 7.11 Å². The Morgan fingerprint density at radius 1 is 1.04 bits per heavy atom. The van der Waals surface area contributed by atoms with E-state index in [9.17, 15) is 0 Å². The second-order valence-corrected chi connectivity index (χ2v) is 6.46. The van der Waals surface area contributed by atoms with Crippen molar-refractivity contribution in [3.63, 3.8) is 0 Å². The summed E-state index contributed by atoms with van der Waals surface area (Å²) in [5, 5.41) is 3.49. The van der Waals surface area contributed by atoms with Crippen molar-refractivity contribution in [2.24, 2.45) is 5.92 Å². The van der Waals surface area contributed by atoms with E-state index < -0.39 is 0 Å². The topological polar surface area (TPSA) is 49.0 Å². The van der Waals surface area contributed by atoms with E-state index in [1.807, 2.05) is 30.3 Å². The minimum absolute atomic E-state index is 0. The molecular formula is C20H24ClNO4. The van der Waals surface area contributed by atoms with Gasteiger partial charge < -0.3 is 24.3 Å². The molecule has 2 unspecified atom stereocenters. The number of nitrogens with one attached hydrogen (secondary N) is 1. The maximum absolute atomic E-state index is 6.07. The third kappa shape index (κ3) is 4.00. The highest BCUT2D eigenvalue weighted by Gasteiger charge is 2.27. The first-order valence-electron chi connectivity index (χ1n) is 8.70. The van der Waals surface area contributed by atoms with Crippen molar-refractivity contribution in [2.75, 3.05) is 33.6 Å². The second kappa shape index (κ2) is 8.52. The van der Waals surface area contributed by atoms with E-state index in [-0.39, 0.29) is 19.2 Å². The largest absolute Gasteiger partial charge is 0.497 e. The molecule has 2 aliphatic heterocycles. The molecule has 26 heavy (non-hydrogen) atoms. The van der Waals surface area contributed by atoms with E-state index in [1.165, 1.54) is 5.56 Å². The van der Waals surface area contributed by atoms with Crippen molar-refractivity contribution >= 4 is 12.4 Å². The van der Waals surface area contributed by atoms with Gasteiger partial charge in [-0.3, -0.25) is 0 Å². The summed E-state index contributed by atoms with van der Waals surface area (Å²) >= 11 is 0. The molecule has 1 saturated heterocycles. The first-order chi connectivity index (χ1) is 12.3. The van der Waals surface area contributed by atoms with Crippen LogP contribution >= 0.6 is 12.4 Å². The van der Waals surface area contributed by atoms with E-state index >= 15 is 0 Å². The molecule has 1 fully saturated rings. The molecule has 4 rings (SSSR count). The molecule has 2 atom stereocenters. The fourth-order valence-corrected chi connectivity index (χ4v) is 3.56. The van der Waals surface area contributed by atoms with Crippen LogP contribution in [0.15, 0.2) is 42.5 Å². The highest BCUT2D eigenvalue weighted by atomic mass is 35.5. The number of hydrogen-bond acceptors (Lipinski definition) is 5. The number of halogens is 1. The molecule has 0 aliphatic carbocycles. The molecule has 0 bridgehead atoms. The number of benzene rings is 2. The summed E-state index contributed by atoms with van der Waals surface area (Å²) in [6, 6.07) is 14.1. The van der Waals surface area contributed by atoms with E-state index in [2.05, 4.69) is 17.4 Å². The number of methoxy groups -OCH3 is 1. The SMILES string of the molecule is COc1ccc(C2CCNCC2COc2ccc3c(c2)OCO3)cc1.Cl. The Kier molecular flexibility index (Phi) is 6.12. The fourth-order valence-electron chi connectivity index (χ4n) is 3.56. The van der Waals surface area contributed by atoms with Crippen LogP contribution in [0, 0.1) is 5.92 Å². The minimum Gasteiger partial charge on any atom is -0.497 e. The van der Waals surface area contributed by atoms with E-state index in [0.717, 1.165) is 42.5 Å². The zero-order valence-electron chi connectivity index (χ0n) is 14.8. The highest BCUT2D eigenvalue weighted by Crippen LogP contribution is 2.36. The van der Waals surface area contributed by atoms with Gasteiger partial charge >= 0.3 is 0 Å². The van der Waals surface area contributed by atoms with Crippen molar-refractivity contribution in [1.82, 2.24) is 5.32 Å². The van der Waals surface area contributed by atoms with Crippen molar-refractivity contribution in [3.8, 4) is 23.0 Å². The minimum atomic E-state index is 0. The second-order valence-electron chi connectivity index (χ2n) is 6.46. The predicted molar refractivity (Wildman–Crippen MR) is 102 cm³/mol. The molecule has 0 spiro atoms. The Hall–Kier alpha value is -2.11. The number of ether oxygens (including phenoxy) is 4. The van der Waals surface area contributed by atoms with Gasteiger partial charge in [-0.1, -0.05) is 12.1 Å². The van der Waals surface area contributed by atoms with Crippen LogP contribution in [0.3, 0.4) is 0 Å². The number of rotatable bonds is 5. The molecule has 5 nitrogen and oxygen atoms in total. The lowest BCUT2D eigenvalue weighted by molar-refractivity contribution is 0.173. The quantitative estimate of drug-likeness (QED) is 0.862. The molecular weight excluding hydrogens is 354 g/mol. The van der Waals surface area contributed by atoms with Crippen LogP contribution < -0.4 is 24.3 Å². The lowest BCUT2D eigenvalue weighted by Gasteiger charge is -2.32. The molecule has 0 radical (unpaired) electrons. The first-order valence-corrected chi connectivity index (χ1v) is 8.70. The summed E-state index contributed by atoms with van der Waals surface area (Å²) in [6.07, 6.45) is 1.11. The van der Waals surface area contributed by atoms with Crippen LogP contribution in [-0.2, 0) is 0 Å². The lowest BCUT2D eigenvalue weighted by atomic mass is 9.81. The van der Waals surface area contributed by atoms with Gasteiger partial charge in [0.15, 0.2) is 11.5 Å². The Labute approximate surface area is 160 Å². The number of hydrogen-bond donors (Lipinski definition) is 1. The number of piperidine rings is 1. The summed E-state index contributed by atoms with van der Waals surface area (Å²) in [6.45, 7) is 2.95. The monoisotopic (exact) mass is 377 g/mol. The van der Waals surface area contributed by atoms with Crippen molar-refractivity contribution in [3.05, 3.63) is 48.0 Å². The summed E-state index contributed by atoms with van der Waals surface area (Å²) in [5.41, 5.74) is 1.35.